The Morgan fingerprint density at radius 2 is 2.05 bits per heavy atom. The van der Waals surface area contributed by atoms with Gasteiger partial charge >= 0.3 is 0 Å². The van der Waals surface area contributed by atoms with Crippen LogP contribution >= 0.6 is 0 Å². The molecule has 2 rings (SSSR count). The first-order chi connectivity index (χ1) is 9.24. The van der Waals surface area contributed by atoms with Gasteiger partial charge in [0.05, 0.1) is 0 Å². The van der Waals surface area contributed by atoms with Gasteiger partial charge in [-0.1, -0.05) is 13.3 Å². The first kappa shape index (κ1) is 13.5. The molecule has 0 bridgehead atoms. The van der Waals surface area contributed by atoms with Gasteiger partial charge in [-0.25, -0.2) is 9.97 Å². The smallest absolute Gasteiger partial charge is 0.162 e. The van der Waals surface area contributed by atoms with E-state index in [1.807, 2.05) is 25.3 Å². The van der Waals surface area contributed by atoms with E-state index in [2.05, 4.69) is 34.1 Å². The van der Waals surface area contributed by atoms with Crippen molar-refractivity contribution in [1.29, 1.82) is 0 Å². The van der Waals surface area contributed by atoms with E-state index in [0.29, 0.717) is 0 Å². The molecule has 2 heterocycles. The normalized spacial score (nSPS) is 10.5. The third-order valence-electron chi connectivity index (χ3n) is 2.90. The minimum absolute atomic E-state index is 0.779. The van der Waals surface area contributed by atoms with Crippen LogP contribution < -0.4 is 5.32 Å². The topological polar surface area (TPSA) is 50.7 Å². The lowest BCUT2D eigenvalue weighted by Gasteiger charge is -2.10. The van der Waals surface area contributed by atoms with Crippen molar-refractivity contribution in [3.05, 3.63) is 35.8 Å². The van der Waals surface area contributed by atoms with Crippen LogP contribution in [0.4, 0.5) is 5.82 Å². The van der Waals surface area contributed by atoms with Crippen LogP contribution in [0.5, 0.6) is 0 Å². The molecule has 2 aromatic heterocycles. The molecule has 0 atom stereocenters. The molecule has 0 aliphatic rings. The number of nitrogens with one attached hydrogen (secondary N) is 1. The second-order valence-electron chi connectivity index (χ2n) is 4.54. The van der Waals surface area contributed by atoms with Crippen LogP contribution in [0.2, 0.25) is 0 Å². The zero-order chi connectivity index (χ0) is 13.7. The third-order valence-corrected chi connectivity index (χ3v) is 2.90. The fourth-order valence-corrected chi connectivity index (χ4v) is 2.00. The van der Waals surface area contributed by atoms with Crippen LogP contribution in [0.3, 0.4) is 0 Å². The van der Waals surface area contributed by atoms with E-state index in [9.17, 15) is 0 Å². The van der Waals surface area contributed by atoms with Gasteiger partial charge in [0.25, 0.3) is 0 Å². The summed E-state index contributed by atoms with van der Waals surface area (Å²) in [7, 11) is 0. The Balaban J connectivity index is 2.46. The Morgan fingerprint density at radius 1 is 1.21 bits per heavy atom. The summed E-state index contributed by atoms with van der Waals surface area (Å²) < 4.78 is 0. The van der Waals surface area contributed by atoms with Crippen molar-refractivity contribution in [3.8, 4) is 11.4 Å². The largest absolute Gasteiger partial charge is 0.370 e. The molecule has 0 fully saturated rings. The van der Waals surface area contributed by atoms with E-state index in [4.69, 9.17) is 0 Å². The summed E-state index contributed by atoms with van der Waals surface area (Å²) in [6.45, 7) is 7.12. The molecule has 0 saturated carbocycles. The summed E-state index contributed by atoms with van der Waals surface area (Å²) >= 11 is 0. The molecule has 0 aliphatic carbocycles. The van der Waals surface area contributed by atoms with Gasteiger partial charge in [-0.3, -0.25) is 4.98 Å². The van der Waals surface area contributed by atoms with Gasteiger partial charge in [0.2, 0.25) is 0 Å². The van der Waals surface area contributed by atoms with Crippen molar-refractivity contribution in [2.45, 2.75) is 33.6 Å². The fourth-order valence-electron chi connectivity index (χ4n) is 2.00. The molecule has 0 radical (unpaired) electrons. The predicted octanol–water partition coefficient (Wildman–Crippen LogP) is 3.23. The Hall–Kier alpha value is -1.97. The van der Waals surface area contributed by atoms with E-state index < -0.39 is 0 Å². The van der Waals surface area contributed by atoms with E-state index >= 15 is 0 Å². The van der Waals surface area contributed by atoms with Crippen LogP contribution in [0.1, 0.15) is 31.5 Å². The van der Waals surface area contributed by atoms with E-state index in [-0.39, 0.29) is 0 Å². The molecule has 2 aromatic rings. The molecule has 1 N–H and O–H groups in total. The molecule has 0 spiro atoms. The Labute approximate surface area is 114 Å². The van der Waals surface area contributed by atoms with Gasteiger partial charge in [0.15, 0.2) is 5.82 Å². The van der Waals surface area contributed by atoms with Crippen molar-refractivity contribution < 1.29 is 0 Å². The third kappa shape index (κ3) is 3.28. The zero-order valence-electron chi connectivity index (χ0n) is 11.8. The maximum Gasteiger partial charge on any atom is 0.162 e. The number of nitrogens with zero attached hydrogens (tertiary/aromatic N) is 3. The van der Waals surface area contributed by atoms with Crippen LogP contribution in [-0.2, 0) is 6.42 Å². The molecule has 0 saturated heterocycles. The second kappa shape index (κ2) is 6.27. The number of hydrogen-bond donors (Lipinski definition) is 1. The van der Waals surface area contributed by atoms with Crippen LogP contribution in [-0.4, -0.2) is 21.5 Å². The summed E-state index contributed by atoms with van der Waals surface area (Å²) in [4.78, 5) is 13.4. The number of anilines is 1. The summed E-state index contributed by atoms with van der Waals surface area (Å²) in [6.07, 6.45) is 5.68. The first-order valence-corrected chi connectivity index (χ1v) is 6.77. The quantitative estimate of drug-likeness (QED) is 0.892. The van der Waals surface area contributed by atoms with E-state index in [0.717, 1.165) is 47.8 Å². The number of pyridine rings is 1. The number of hydrogen-bond acceptors (Lipinski definition) is 4. The van der Waals surface area contributed by atoms with Gasteiger partial charge < -0.3 is 5.32 Å². The van der Waals surface area contributed by atoms with Crippen molar-refractivity contribution in [2.75, 3.05) is 11.9 Å². The summed E-state index contributed by atoms with van der Waals surface area (Å²) in [5, 5.41) is 3.27. The maximum absolute atomic E-state index is 4.66. The van der Waals surface area contributed by atoms with Gasteiger partial charge in [-0.15, -0.1) is 0 Å². The minimum Gasteiger partial charge on any atom is -0.370 e. The highest BCUT2D eigenvalue weighted by molar-refractivity contribution is 5.60. The molecule has 4 heteroatoms. The Bertz CT molecular complexity index is 527. The van der Waals surface area contributed by atoms with Crippen LogP contribution in [0.15, 0.2) is 24.5 Å². The van der Waals surface area contributed by atoms with Gasteiger partial charge in [0, 0.05) is 36.3 Å². The van der Waals surface area contributed by atoms with Crippen molar-refractivity contribution in [2.24, 2.45) is 0 Å². The average molecular weight is 256 g/mol. The lowest BCUT2D eigenvalue weighted by atomic mass is 10.1. The summed E-state index contributed by atoms with van der Waals surface area (Å²) in [6, 6.07) is 4.00. The predicted molar refractivity (Wildman–Crippen MR) is 78.2 cm³/mol. The fraction of sp³-hybridized carbons (Fsp3) is 0.400. The molecular weight excluding hydrogens is 236 g/mol. The number of aromatic nitrogens is 3. The van der Waals surface area contributed by atoms with Crippen molar-refractivity contribution in [3.63, 3.8) is 0 Å². The molecule has 0 aliphatic heterocycles. The molecular formula is C15H20N4. The van der Waals surface area contributed by atoms with Crippen molar-refractivity contribution >= 4 is 5.82 Å². The molecule has 19 heavy (non-hydrogen) atoms. The van der Waals surface area contributed by atoms with E-state index in [1.165, 1.54) is 0 Å². The maximum atomic E-state index is 4.66. The van der Waals surface area contributed by atoms with Gasteiger partial charge in [-0.2, -0.15) is 0 Å². The van der Waals surface area contributed by atoms with Crippen LogP contribution in [0, 0.1) is 6.92 Å². The first-order valence-electron chi connectivity index (χ1n) is 6.77. The summed E-state index contributed by atoms with van der Waals surface area (Å²) in [5.41, 5.74) is 3.23. The highest BCUT2D eigenvalue weighted by Gasteiger charge is 2.08. The zero-order valence-corrected chi connectivity index (χ0v) is 11.8. The molecule has 100 valence electrons. The van der Waals surface area contributed by atoms with E-state index in [1.54, 1.807) is 6.20 Å². The Kier molecular flexibility index (Phi) is 4.44. The lowest BCUT2D eigenvalue weighted by Crippen LogP contribution is -2.04. The number of aryl methyl sites for hydroxylation is 2. The summed E-state index contributed by atoms with van der Waals surface area (Å²) in [5.74, 6) is 1.67. The monoisotopic (exact) mass is 256 g/mol. The van der Waals surface area contributed by atoms with Gasteiger partial charge in [0.1, 0.15) is 5.82 Å². The van der Waals surface area contributed by atoms with Crippen molar-refractivity contribution in [1.82, 2.24) is 15.0 Å². The molecule has 0 amide bonds. The average Bonchev–Trinajstić information content (AvgIpc) is 2.40. The minimum atomic E-state index is 0.779. The molecule has 4 nitrogen and oxygen atoms in total. The number of rotatable bonds is 5. The highest BCUT2D eigenvalue weighted by atomic mass is 15.0. The second-order valence-corrected chi connectivity index (χ2v) is 4.54. The Morgan fingerprint density at radius 3 is 2.74 bits per heavy atom. The van der Waals surface area contributed by atoms with Gasteiger partial charge in [-0.05, 0) is 31.9 Å². The standard InChI is InChI=1S/C15H20N4/c1-4-6-12-9-14(17-5-2)19-15(18-12)13-7-8-16-10-11(13)3/h7-10H,4-6H2,1-3H3,(H,17,18,19). The van der Waals surface area contributed by atoms with Crippen LogP contribution in [0.25, 0.3) is 11.4 Å². The lowest BCUT2D eigenvalue weighted by molar-refractivity contribution is 0.874. The molecule has 0 aromatic carbocycles. The SMILES string of the molecule is CCCc1cc(NCC)nc(-c2ccncc2C)n1. The molecule has 0 unspecified atom stereocenters. The highest BCUT2D eigenvalue weighted by Crippen LogP contribution is 2.21.